The van der Waals surface area contributed by atoms with Crippen LogP contribution < -0.4 is 9.47 Å². The fourth-order valence-electron chi connectivity index (χ4n) is 4.28. The van der Waals surface area contributed by atoms with E-state index in [0.29, 0.717) is 13.2 Å². The van der Waals surface area contributed by atoms with E-state index in [4.69, 9.17) is 18.9 Å². The summed E-state index contributed by atoms with van der Waals surface area (Å²) in [7, 11) is 0. The highest BCUT2D eigenvalue weighted by atomic mass is 32.1. The molecule has 0 aliphatic carbocycles. The monoisotopic (exact) mass is 428 g/mol. The highest BCUT2D eigenvalue weighted by Gasteiger charge is 2.24. The van der Waals surface area contributed by atoms with E-state index < -0.39 is 0 Å². The third-order valence-electron chi connectivity index (χ3n) is 6.07. The van der Waals surface area contributed by atoms with E-state index >= 15 is 0 Å². The Kier molecular flexibility index (Phi) is 3.91. The number of epoxide rings is 2. The van der Waals surface area contributed by atoms with Crippen LogP contribution in [-0.4, -0.2) is 38.6 Å². The largest absolute Gasteiger partial charge is 0.491 e. The van der Waals surface area contributed by atoms with Crippen molar-refractivity contribution in [2.75, 3.05) is 26.4 Å². The third kappa shape index (κ3) is 3.12. The van der Waals surface area contributed by atoms with Crippen LogP contribution in [0.2, 0.25) is 0 Å². The lowest BCUT2D eigenvalue weighted by atomic mass is 10.0. The van der Waals surface area contributed by atoms with Crippen molar-refractivity contribution in [3.63, 3.8) is 0 Å². The Bertz CT molecular complexity index is 1460. The van der Waals surface area contributed by atoms with E-state index in [2.05, 4.69) is 54.6 Å². The summed E-state index contributed by atoms with van der Waals surface area (Å²) >= 11 is 1.85. The highest BCUT2D eigenvalue weighted by molar-refractivity contribution is 7.26. The molecular formula is C26H20O4S. The SMILES string of the molecule is c1cc(OCC2CO2)c2ccc3c(sc4ccc5cc(OCC6CO6)ccc5c43)c2c1. The first-order valence-corrected chi connectivity index (χ1v) is 11.4. The number of thiophene rings is 1. The van der Waals surface area contributed by atoms with Gasteiger partial charge in [-0.25, -0.2) is 0 Å². The molecule has 7 rings (SSSR count). The standard InChI is InChI=1S/C26H20O4S/c1-2-21-20(23(3-1)30-14-18-13-29-18)7-8-22-25-19-6-5-16(27-11-17-12-28-17)10-15(19)4-9-24(25)31-26(21)22/h1-10,17-18H,11-14H2. The smallest absolute Gasteiger partial charge is 0.127 e. The van der Waals surface area contributed by atoms with Crippen molar-refractivity contribution in [3.8, 4) is 11.5 Å². The molecule has 5 heteroatoms. The second-order valence-corrected chi connectivity index (χ2v) is 9.30. The Morgan fingerprint density at radius 1 is 0.774 bits per heavy atom. The molecule has 4 nitrogen and oxygen atoms in total. The second kappa shape index (κ2) is 6.82. The molecule has 1 aromatic heterocycles. The molecule has 154 valence electrons. The number of rotatable bonds is 6. The predicted molar refractivity (Wildman–Crippen MR) is 125 cm³/mol. The maximum atomic E-state index is 6.05. The van der Waals surface area contributed by atoms with Crippen molar-refractivity contribution in [2.24, 2.45) is 0 Å². The molecule has 0 bridgehead atoms. The Balaban J connectivity index is 1.37. The maximum Gasteiger partial charge on any atom is 0.127 e. The molecule has 0 radical (unpaired) electrons. The number of hydrogen-bond acceptors (Lipinski definition) is 5. The lowest BCUT2D eigenvalue weighted by Crippen LogP contribution is -2.04. The number of ether oxygens (including phenoxy) is 4. The first kappa shape index (κ1) is 17.8. The molecule has 2 aliphatic heterocycles. The molecule has 5 aromatic rings. The van der Waals surface area contributed by atoms with Gasteiger partial charge in [0.15, 0.2) is 0 Å². The Labute approximate surface area is 182 Å². The van der Waals surface area contributed by atoms with Crippen LogP contribution in [0.4, 0.5) is 0 Å². The van der Waals surface area contributed by atoms with Gasteiger partial charge in [-0.3, -0.25) is 0 Å². The van der Waals surface area contributed by atoms with Crippen LogP contribution in [0.5, 0.6) is 11.5 Å². The molecule has 2 aliphatic rings. The fourth-order valence-corrected chi connectivity index (χ4v) is 5.53. The van der Waals surface area contributed by atoms with E-state index in [1.165, 1.54) is 36.3 Å². The number of benzene rings is 4. The van der Waals surface area contributed by atoms with Gasteiger partial charge in [0.1, 0.15) is 36.9 Å². The summed E-state index contributed by atoms with van der Waals surface area (Å²) < 4.78 is 25.1. The van der Waals surface area contributed by atoms with Gasteiger partial charge in [0, 0.05) is 30.9 Å². The van der Waals surface area contributed by atoms with Gasteiger partial charge >= 0.3 is 0 Å². The van der Waals surface area contributed by atoms with Gasteiger partial charge in [0.2, 0.25) is 0 Å². The van der Waals surface area contributed by atoms with E-state index in [-0.39, 0.29) is 12.2 Å². The summed E-state index contributed by atoms with van der Waals surface area (Å²) in [6, 6.07) is 21.6. The molecule has 31 heavy (non-hydrogen) atoms. The summed E-state index contributed by atoms with van der Waals surface area (Å²) in [6.07, 6.45) is 0.512. The molecule has 0 amide bonds. The zero-order valence-corrected chi connectivity index (χ0v) is 17.6. The average Bonchev–Trinajstić information content (AvgIpc) is 3.73. The minimum Gasteiger partial charge on any atom is -0.491 e. The Morgan fingerprint density at radius 2 is 1.55 bits per heavy atom. The van der Waals surface area contributed by atoms with Crippen LogP contribution in [0.25, 0.3) is 41.7 Å². The van der Waals surface area contributed by atoms with Gasteiger partial charge in [-0.2, -0.15) is 0 Å². The normalized spacial score (nSPS) is 20.0. The fraction of sp³-hybridized carbons (Fsp3) is 0.231. The summed E-state index contributed by atoms with van der Waals surface area (Å²) in [5.74, 6) is 1.83. The van der Waals surface area contributed by atoms with Gasteiger partial charge in [0.25, 0.3) is 0 Å². The zero-order chi connectivity index (χ0) is 20.4. The molecule has 0 N–H and O–H groups in total. The van der Waals surface area contributed by atoms with Crippen molar-refractivity contribution in [2.45, 2.75) is 12.2 Å². The highest BCUT2D eigenvalue weighted by Crippen LogP contribution is 2.43. The Hall–Kier alpha value is -2.86. The van der Waals surface area contributed by atoms with Crippen LogP contribution >= 0.6 is 11.3 Å². The van der Waals surface area contributed by atoms with Crippen LogP contribution in [0.3, 0.4) is 0 Å². The van der Waals surface area contributed by atoms with Crippen molar-refractivity contribution < 1.29 is 18.9 Å². The van der Waals surface area contributed by atoms with E-state index in [1.807, 2.05) is 17.4 Å². The first-order valence-electron chi connectivity index (χ1n) is 10.6. The molecule has 3 heterocycles. The maximum absolute atomic E-state index is 6.05. The van der Waals surface area contributed by atoms with Crippen LogP contribution in [0, 0.1) is 0 Å². The minimum absolute atomic E-state index is 0.250. The average molecular weight is 429 g/mol. The van der Waals surface area contributed by atoms with Crippen LogP contribution in [0.1, 0.15) is 0 Å². The number of hydrogen-bond donors (Lipinski definition) is 0. The molecule has 0 saturated carbocycles. The van der Waals surface area contributed by atoms with Crippen molar-refractivity contribution in [3.05, 3.63) is 60.7 Å². The Morgan fingerprint density at radius 3 is 2.39 bits per heavy atom. The summed E-state index contributed by atoms with van der Waals surface area (Å²) in [6.45, 7) is 2.85. The molecular weight excluding hydrogens is 408 g/mol. The van der Waals surface area contributed by atoms with Crippen LogP contribution in [0.15, 0.2) is 60.7 Å². The van der Waals surface area contributed by atoms with Crippen molar-refractivity contribution in [1.82, 2.24) is 0 Å². The molecule has 2 atom stereocenters. The van der Waals surface area contributed by atoms with Gasteiger partial charge in [-0.05, 0) is 41.1 Å². The van der Waals surface area contributed by atoms with Gasteiger partial charge in [-0.1, -0.05) is 30.3 Å². The van der Waals surface area contributed by atoms with Crippen molar-refractivity contribution >= 4 is 53.1 Å². The summed E-state index contributed by atoms with van der Waals surface area (Å²) in [4.78, 5) is 0. The third-order valence-corrected chi connectivity index (χ3v) is 7.28. The molecule has 2 unspecified atom stereocenters. The molecule has 2 fully saturated rings. The zero-order valence-electron chi connectivity index (χ0n) is 16.8. The second-order valence-electron chi connectivity index (χ2n) is 8.25. The summed E-state index contributed by atoms with van der Waals surface area (Å²) in [5, 5.41) is 7.46. The van der Waals surface area contributed by atoms with E-state index in [1.54, 1.807) is 0 Å². The van der Waals surface area contributed by atoms with E-state index in [9.17, 15) is 0 Å². The first-order chi connectivity index (χ1) is 15.3. The lowest BCUT2D eigenvalue weighted by molar-refractivity contribution is 0.263. The van der Waals surface area contributed by atoms with Gasteiger partial charge in [-0.15, -0.1) is 11.3 Å². The molecule has 0 spiro atoms. The minimum atomic E-state index is 0.250. The van der Waals surface area contributed by atoms with Gasteiger partial charge in [0.05, 0.1) is 13.2 Å². The summed E-state index contributed by atoms with van der Waals surface area (Å²) in [5.41, 5.74) is 0. The predicted octanol–water partition coefficient (Wildman–Crippen LogP) is 5.92. The quantitative estimate of drug-likeness (QED) is 0.315. The van der Waals surface area contributed by atoms with E-state index in [0.717, 1.165) is 30.1 Å². The topological polar surface area (TPSA) is 43.5 Å². The lowest BCUT2D eigenvalue weighted by Gasteiger charge is -2.09. The molecule has 2 saturated heterocycles. The van der Waals surface area contributed by atoms with Crippen LogP contribution in [-0.2, 0) is 9.47 Å². The number of fused-ring (bicyclic) bond motifs is 7. The molecule has 4 aromatic carbocycles. The van der Waals surface area contributed by atoms with Crippen molar-refractivity contribution in [1.29, 1.82) is 0 Å². The van der Waals surface area contributed by atoms with Gasteiger partial charge < -0.3 is 18.9 Å².